The third kappa shape index (κ3) is 4.03. The van der Waals surface area contributed by atoms with Crippen LogP contribution in [0.2, 0.25) is 0 Å². The van der Waals surface area contributed by atoms with E-state index in [1.807, 2.05) is 30.3 Å². The number of aromatic nitrogens is 1. The van der Waals surface area contributed by atoms with Crippen LogP contribution in [0.5, 0.6) is 5.75 Å². The van der Waals surface area contributed by atoms with Gasteiger partial charge in [0, 0.05) is 6.20 Å². The van der Waals surface area contributed by atoms with Gasteiger partial charge in [0.2, 0.25) is 0 Å². The second-order valence-corrected chi connectivity index (χ2v) is 4.62. The average Bonchev–Trinajstić information content (AvgIpc) is 2.55. The van der Waals surface area contributed by atoms with E-state index in [2.05, 4.69) is 10.3 Å². The van der Waals surface area contributed by atoms with Crippen molar-refractivity contribution < 1.29 is 14.6 Å². The first-order valence-electron chi connectivity index (χ1n) is 6.68. The average molecular weight is 286 g/mol. The molecule has 2 N–H and O–H groups in total. The number of carbonyl (C=O) groups excluding carboxylic acids is 1. The summed E-state index contributed by atoms with van der Waals surface area (Å²) < 4.78 is 5.11. The first-order chi connectivity index (χ1) is 10.2. The Hall–Kier alpha value is -2.40. The Labute approximate surface area is 123 Å². The fraction of sp³-hybridized carbons (Fsp3) is 0.250. The molecule has 1 aromatic heterocycles. The zero-order valence-corrected chi connectivity index (χ0v) is 11.8. The highest BCUT2D eigenvalue weighted by atomic mass is 16.5. The molecule has 0 spiro atoms. The maximum absolute atomic E-state index is 12.3. The first-order valence-corrected chi connectivity index (χ1v) is 6.68. The largest absolute Gasteiger partial charge is 0.494 e. The Morgan fingerprint density at radius 2 is 2.10 bits per heavy atom. The number of ether oxygens (including phenoxy) is 1. The summed E-state index contributed by atoms with van der Waals surface area (Å²) in [4.78, 5) is 16.2. The van der Waals surface area contributed by atoms with Crippen molar-refractivity contribution in [3.8, 4) is 5.75 Å². The molecule has 1 aromatic carbocycles. The molecule has 0 radical (unpaired) electrons. The zero-order chi connectivity index (χ0) is 15.1. The lowest BCUT2D eigenvalue weighted by Gasteiger charge is -2.17. The van der Waals surface area contributed by atoms with Gasteiger partial charge in [0.05, 0.1) is 31.5 Å². The fourth-order valence-corrected chi connectivity index (χ4v) is 2.05. The van der Waals surface area contributed by atoms with Crippen LogP contribution < -0.4 is 10.1 Å². The number of nitrogens with zero attached hydrogens (tertiary/aromatic N) is 1. The van der Waals surface area contributed by atoms with E-state index < -0.39 is 0 Å². The summed E-state index contributed by atoms with van der Waals surface area (Å²) in [5.74, 6) is 0.121. The van der Waals surface area contributed by atoms with Gasteiger partial charge in [-0.1, -0.05) is 30.3 Å². The van der Waals surface area contributed by atoms with Crippen molar-refractivity contribution in [1.29, 1.82) is 0 Å². The van der Waals surface area contributed by atoms with Gasteiger partial charge >= 0.3 is 0 Å². The predicted octanol–water partition coefficient (Wildman–Crippen LogP) is 1.42. The summed E-state index contributed by atoms with van der Waals surface area (Å²) in [6.45, 7) is -0.131. The van der Waals surface area contributed by atoms with E-state index in [4.69, 9.17) is 4.74 Å². The number of hydrogen-bond donors (Lipinski definition) is 2. The van der Waals surface area contributed by atoms with Crippen LogP contribution in [-0.4, -0.2) is 35.8 Å². The number of aliphatic hydroxyl groups is 1. The molecule has 0 aliphatic rings. The summed E-state index contributed by atoms with van der Waals surface area (Å²) in [5.41, 5.74) is 1.46. The summed E-state index contributed by atoms with van der Waals surface area (Å²) in [6.07, 6.45) is 3.58. The van der Waals surface area contributed by atoms with Gasteiger partial charge in [0.1, 0.15) is 5.75 Å². The monoisotopic (exact) mass is 286 g/mol. The molecule has 21 heavy (non-hydrogen) atoms. The summed E-state index contributed by atoms with van der Waals surface area (Å²) in [5, 5.41) is 12.3. The van der Waals surface area contributed by atoms with Crippen molar-refractivity contribution in [3.63, 3.8) is 0 Å². The second-order valence-electron chi connectivity index (χ2n) is 4.62. The first kappa shape index (κ1) is 15.0. The number of rotatable bonds is 6. The summed E-state index contributed by atoms with van der Waals surface area (Å²) in [7, 11) is 1.49. The van der Waals surface area contributed by atoms with Crippen LogP contribution >= 0.6 is 0 Å². The van der Waals surface area contributed by atoms with Gasteiger partial charge in [-0.15, -0.1) is 0 Å². The Kier molecular flexibility index (Phi) is 5.29. The molecule has 1 atom stereocenters. The van der Waals surface area contributed by atoms with Crippen LogP contribution in [0.1, 0.15) is 15.9 Å². The van der Waals surface area contributed by atoms with E-state index in [-0.39, 0.29) is 18.6 Å². The SMILES string of the molecule is COc1cnccc1C(=O)N[C@@H](CO)Cc1ccccc1. The number of aliphatic hydroxyl groups excluding tert-OH is 1. The minimum absolute atomic E-state index is 0.131. The topological polar surface area (TPSA) is 71.5 Å². The number of pyridine rings is 1. The Morgan fingerprint density at radius 1 is 1.33 bits per heavy atom. The van der Waals surface area contributed by atoms with Crippen molar-refractivity contribution in [2.75, 3.05) is 13.7 Å². The normalized spacial score (nSPS) is 11.7. The predicted molar refractivity (Wildman–Crippen MR) is 79.3 cm³/mol. The van der Waals surface area contributed by atoms with E-state index in [0.29, 0.717) is 17.7 Å². The van der Waals surface area contributed by atoms with Crippen molar-refractivity contribution in [3.05, 3.63) is 59.9 Å². The Bertz CT molecular complexity index is 587. The molecule has 5 nitrogen and oxygen atoms in total. The molecule has 2 rings (SSSR count). The zero-order valence-electron chi connectivity index (χ0n) is 11.8. The molecular weight excluding hydrogens is 268 g/mol. The standard InChI is InChI=1S/C16H18N2O3/c1-21-15-10-17-8-7-14(15)16(20)18-13(11-19)9-12-5-3-2-4-6-12/h2-8,10,13,19H,9,11H2,1H3,(H,18,20)/t13-/m1/s1. The third-order valence-corrected chi connectivity index (χ3v) is 3.13. The molecule has 110 valence electrons. The van der Waals surface area contributed by atoms with E-state index in [1.54, 1.807) is 6.07 Å². The van der Waals surface area contributed by atoms with Crippen LogP contribution in [0, 0.1) is 0 Å². The molecular formula is C16H18N2O3. The molecule has 0 unspecified atom stereocenters. The van der Waals surface area contributed by atoms with Gasteiger partial charge in [-0.2, -0.15) is 0 Å². The molecule has 0 aliphatic carbocycles. The molecule has 5 heteroatoms. The van der Waals surface area contributed by atoms with Crippen molar-refractivity contribution >= 4 is 5.91 Å². The van der Waals surface area contributed by atoms with E-state index in [9.17, 15) is 9.90 Å². The fourth-order valence-electron chi connectivity index (χ4n) is 2.05. The molecule has 1 amide bonds. The molecule has 0 saturated carbocycles. The quantitative estimate of drug-likeness (QED) is 0.842. The molecule has 1 heterocycles. The third-order valence-electron chi connectivity index (χ3n) is 3.13. The van der Waals surface area contributed by atoms with Crippen LogP contribution in [0.25, 0.3) is 0 Å². The van der Waals surface area contributed by atoms with Gasteiger partial charge in [0.25, 0.3) is 5.91 Å². The van der Waals surface area contributed by atoms with Gasteiger partial charge in [0.15, 0.2) is 0 Å². The van der Waals surface area contributed by atoms with Crippen LogP contribution in [0.15, 0.2) is 48.8 Å². The maximum Gasteiger partial charge on any atom is 0.255 e. The highest BCUT2D eigenvalue weighted by Gasteiger charge is 2.16. The minimum atomic E-state index is -0.349. The maximum atomic E-state index is 12.3. The van der Waals surface area contributed by atoms with Crippen molar-refractivity contribution in [2.24, 2.45) is 0 Å². The molecule has 0 saturated heterocycles. The lowest BCUT2D eigenvalue weighted by atomic mass is 10.1. The Balaban J connectivity index is 2.06. The number of carbonyl (C=O) groups is 1. The number of benzene rings is 1. The van der Waals surface area contributed by atoms with Gasteiger partial charge in [-0.25, -0.2) is 0 Å². The number of amides is 1. The van der Waals surface area contributed by atoms with Crippen LogP contribution in [0.3, 0.4) is 0 Å². The van der Waals surface area contributed by atoms with Gasteiger partial charge in [-0.05, 0) is 18.1 Å². The minimum Gasteiger partial charge on any atom is -0.494 e. The number of nitrogens with one attached hydrogen (secondary N) is 1. The Morgan fingerprint density at radius 3 is 2.76 bits per heavy atom. The van der Waals surface area contributed by atoms with E-state index in [1.165, 1.54) is 19.5 Å². The smallest absolute Gasteiger partial charge is 0.255 e. The lowest BCUT2D eigenvalue weighted by molar-refractivity contribution is 0.0913. The molecule has 2 aromatic rings. The van der Waals surface area contributed by atoms with E-state index >= 15 is 0 Å². The number of hydrogen-bond acceptors (Lipinski definition) is 4. The molecule has 0 bridgehead atoms. The molecule has 0 fully saturated rings. The number of methoxy groups -OCH3 is 1. The highest BCUT2D eigenvalue weighted by Crippen LogP contribution is 2.15. The molecule has 0 aliphatic heterocycles. The van der Waals surface area contributed by atoms with Gasteiger partial charge < -0.3 is 15.2 Å². The van der Waals surface area contributed by atoms with Crippen LogP contribution in [-0.2, 0) is 6.42 Å². The van der Waals surface area contributed by atoms with Crippen molar-refractivity contribution in [1.82, 2.24) is 10.3 Å². The summed E-state index contributed by atoms with van der Waals surface area (Å²) >= 11 is 0. The second kappa shape index (κ2) is 7.40. The van der Waals surface area contributed by atoms with E-state index in [0.717, 1.165) is 5.56 Å². The summed E-state index contributed by atoms with van der Waals surface area (Å²) in [6, 6.07) is 10.9. The van der Waals surface area contributed by atoms with Crippen molar-refractivity contribution in [2.45, 2.75) is 12.5 Å². The van der Waals surface area contributed by atoms with Gasteiger partial charge in [-0.3, -0.25) is 9.78 Å². The highest BCUT2D eigenvalue weighted by molar-refractivity contribution is 5.96. The lowest BCUT2D eigenvalue weighted by Crippen LogP contribution is -2.39. The van der Waals surface area contributed by atoms with Crippen LogP contribution in [0.4, 0.5) is 0 Å².